The molecule has 0 spiro atoms. The number of hydrogen-bond acceptors (Lipinski definition) is 5. The molecule has 1 aromatic carbocycles. The Hall–Kier alpha value is -3.74. The highest BCUT2D eigenvalue weighted by atomic mass is 16.1. The Kier molecular flexibility index (Phi) is 4.49. The topological polar surface area (TPSA) is 84.7 Å². The fourth-order valence-electron chi connectivity index (χ4n) is 3.03. The minimum absolute atomic E-state index is 0.213. The summed E-state index contributed by atoms with van der Waals surface area (Å²) >= 11 is 0. The number of rotatable bonds is 4. The summed E-state index contributed by atoms with van der Waals surface area (Å²) in [6.07, 6.45) is 5.59. The van der Waals surface area contributed by atoms with Crippen LogP contribution < -0.4 is 10.6 Å². The van der Waals surface area contributed by atoms with Crippen LogP contribution in [0.15, 0.2) is 55.0 Å². The first kappa shape index (κ1) is 17.7. The van der Waals surface area contributed by atoms with E-state index in [1.807, 2.05) is 44.6 Å². The van der Waals surface area contributed by atoms with Crippen molar-refractivity contribution in [3.05, 3.63) is 66.2 Å². The lowest BCUT2D eigenvalue weighted by Crippen LogP contribution is -2.19. The summed E-state index contributed by atoms with van der Waals surface area (Å²) in [6.45, 7) is 2.05. The fourth-order valence-corrected chi connectivity index (χ4v) is 3.03. The van der Waals surface area contributed by atoms with Crippen LogP contribution in [-0.4, -0.2) is 32.7 Å². The molecule has 0 bridgehead atoms. The third-order valence-electron chi connectivity index (χ3n) is 4.56. The van der Waals surface area contributed by atoms with E-state index in [9.17, 15) is 4.79 Å². The van der Waals surface area contributed by atoms with Crippen molar-refractivity contribution in [1.82, 2.24) is 25.1 Å². The maximum atomic E-state index is 11.8. The highest BCUT2D eigenvalue weighted by Gasteiger charge is 2.08. The smallest absolute Gasteiger partial charge is 0.269 e. The van der Waals surface area contributed by atoms with Gasteiger partial charge in [-0.25, -0.2) is 9.97 Å². The van der Waals surface area contributed by atoms with Gasteiger partial charge in [-0.15, -0.1) is 0 Å². The average Bonchev–Trinajstić information content (AvgIpc) is 3.14. The number of benzene rings is 1. The quantitative estimate of drug-likeness (QED) is 0.573. The van der Waals surface area contributed by atoms with Crippen molar-refractivity contribution >= 4 is 28.3 Å². The lowest BCUT2D eigenvalue weighted by Gasteiger charge is -2.11. The van der Waals surface area contributed by atoms with Gasteiger partial charge in [0, 0.05) is 49.2 Å². The summed E-state index contributed by atoms with van der Waals surface area (Å²) in [5.74, 6) is 0.460. The fraction of sp³-hybridized carbons (Fsp3) is 0.143. The van der Waals surface area contributed by atoms with E-state index in [1.165, 1.54) is 0 Å². The van der Waals surface area contributed by atoms with Crippen molar-refractivity contribution in [2.75, 3.05) is 12.4 Å². The van der Waals surface area contributed by atoms with E-state index < -0.39 is 0 Å². The van der Waals surface area contributed by atoms with Crippen LogP contribution in [0.3, 0.4) is 0 Å². The molecule has 140 valence electrons. The van der Waals surface area contributed by atoms with Crippen molar-refractivity contribution < 1.29 is 4.79 Å². The lowest BCUT2D eigenvalue weighted by molar-refractivity contribution is 0.0958. The van der Waals surface area contributed by atoms with Gasteiger partial charge in [0.2, 0.25) is 0 Å². The molecule has 0 saturated carbocycles. The minimum atomic E-state index is -0.213. The molecule has 0 saturated heterocycles. The Labute approximate surface area is 162 Å². The van der Waals surface area contributed by atoms with Crippen LogP contribution in [0, 0.1) is 6.92 Å². The van der Waals surface area contributed by atoms with E-state index >= 15 is 0 Å². The monoisotopic (exact) mass is 372 g/mol. The van der Waals surface area contributed by atoms with Crippen molar-refractivity contribution in [2.24, 2.45) is 7.05 Å². The number of nitrogens with zero attached hydrogens (tertiary/aromatic N) is 4. The van der Waals surface area contributed by atoms with Gasteiger partial charge in [-0.1, -0.05) is 6.07 Å². The van der Waals surface area contributed by atoms with Gasteiger partial charge in [-0.3, -0.25) is 9.48 Å². The van der Waals surface area contributed by atoms with Crippen LogP contribution >= 0.6 is 0 Å². The molecule has 4 aromatic rings. The highest BCUT2D eigenvalue weighted by Crippen LogP contribution is 2.27. The summed E-state index contributed by atoms with van der Waals surface area (Å²) in [6, 6.07) is 11.6. The SMILES string of the molecule is CNC(=O)c1ccc2cnc(Nc3ccc(-c4cnn(C)c4)cc3C)cc2n1. The highest BCUT2D eigenvalue weighted by molar-refractivity contribution is 5.94. The van der Waals surface area contributed by atoms with Gasteiger partial charge < -0.3 is 10.6 Å². The molecule has 28 heavy (non-hydrogen) atoms. The second kappa shape index (κ2) is 7.11. The number of anilines is 2. The van der Waals surface area contributed by atoms with Crippen molar-refractivity contribution in [1.29, 1.82) is 0 Å². The first-order valence-electron chi connectivity index (χ1n) is 8.89. The van der Waals surface area contributed by atoms with Crippen LogP contribution in [0.5, 0.6) is 0 Å². The summed E-state index contributed by atoms with van der Waals surface area (Å²) in [4.78, 5) is 20.7. The number of hydrogen-bond donors (Lipinski definition) is 2. The summed E-state index contributed by atoms with van der Waals surface area (Å²) < 4.78 is 1.79. The van der Waals surface area contributed by atoms with Gasteiger partial charge in [0.25, 0.3) is 5.91 Å². The maximum absolute atomic E-state index is 11.8. The Morgan fingerprint density at radius 3 is 2.64 bits per heavy atom. The van der Waals surface area contributed by atoms with E-state index in [0.29, 0.717) is 17.0 Å². The molecule has 3 heterocycles. The zero-order valence-corrected chi connectivity index (χ0v) is 15.9. The van der Waals surface area contributed by atoms with Gasteiger partial charge >= 0.3 is 0 Å². The number of fused-ring (bicyclic) bond motifs is 1. The van der Waals surface area contributed by atoms with Crippen LogP contribution in [-0.2, 0) is 7.05 Å². The molecular weight excluding hydrogens is 352 g/mol. The molecule has 3 aromatic heterocycles. The van der Waals surface area contributed by atoms with Gasteiger partial charge in [0.05, 0.1) is 11.7 Å². The molecule has 4 rings (SSSR count). The second-order valence-corrected chi connectivity index (χ2v) is 6.60. The number of nitrogens with one attached hydrogen (secondary N) is 2. The third kappa shape index (κ3) is 3.42. The van der Waals surface area contributed by atoms with Gasteiger partial charge in [-0.2, -0.15) is 5.10 Å². The van der Waals surface area contributed by atoms with E-state index in [4.69, 9.17) is 0 Å². The largest absolute Gasteiger partial charge is 0.354 e. The zero-order chi connectivity index (χ0) is 19.7. The standard InChI is InChI=1S/C21H20N6O/c1-13-8-14(16-11-24-27(3)12-16)4-6-17(13)26-20-9-19-15(10-23-20)5-7-18(25-19)21(28)22-2/h4-12H,1-3H3,(H,22,28)(H,23,26). The Morgan fingerprint density at radius 2 is 1.93 bits per heavy atom. The molecule has 2 N–H and O–H groups in total. The van der Waals surface area contributed by atoms with Crippen molar-refractivity contribution in [2.45, 2.75) is 6.92 Å². The third-order valence-corrected chi connectivity index (χ3v) is 4.56. The Bertz CT molecular complexity index is 1180. The van der Waals surface area contributed by atoms with Crippen LogP contribution in [0.25, 0.3) is 22.0 Å². The van der Waals surface area contributed by atoms with E-state index in [-0.39, 0.29) is 5.91 Å². The van der Waals surface area contributed by atoms with Crippen LogP contribution in [0.4, 0.5) is 11.5 Å². The molecule has 7 heteroatoms. The van der Waals surface area contributed by atoms with E-state index in [2.05, 4.69) is 37.8 Å². The zero-order valence-electron chi connectivity index (χ0n) is 15.9. The predicted octanol–water partition coefficient (Wildman–Crippen LogP) is 3.44. The number of amides is 1. The average molecular weight is 372 g/mol. The van der Waals surface area contributed by atoms with Gasteiger partial charge in [-0.05, 0) is 42.3 Å². The van der Waals surface area contributed by atoms with Gasteiger partial charge in [0.15, 0.2) is 0 Å². The number of aryl methyl sites for hydroxylation is 2. The van der Waals surface area contributed by atoms with E-state index in [1.54, 1.807) is 24.0 Å². The summed E-state index contributed by atoms with van der Waals surface area (Å²) in [5, 5.41) is 11.0. The maximum Gasteiger partial charge on any atom is 0.269 e. The Morgan fingerprint density at radius 1 is 1.07 bits per heavy atom. The predicted molar refractivity (Wildman–Crippen MR) is 110 cm³/mol. The molecule has 0 radical (unpaired) electrons. The number of aromatic nitrogens is 4. The first-order chi connectivity index (χ1) is 13.5. The minimum Gasteiger partial charge on any atom is -0.354 e. The molecule has 0 fully saturated rings. The second-order valence-electron chi connectivity index (χ2n) is 6.60. The first-order valence-corrected chi connectivity index (χ1v) is 8.89. The number of carbonyl (C=O) groups excluding carboxylic acids is 1. The molecule has 0 aliphatic rings. The molecule has 1 amide bonds. The lowest BCUT2D eigenvalue weighted by atomic mass is 10.1. The molecule has 0 aliphatic heterocycles. The van der Waals surface area contributed by atoms with Crippen molar-refractivity contribution in [3.63, 3.8) is 0 Å². The van der Waals surface area contributed by atoms with Gasteiger partial charge in [0.1, 0.15) is 11.5 Å². The number of carbonyl (C=O) groups is 1. The number of pyridine rings is 2. The molecule has 0 unspecified atom stereocenters. The normalized spacial score (nSPS) is 10.8. The molecule has 0 atom stereocenters. The van der Waals surface area contributed by atoms with Crippen LogP contribution in [0.2, 0.25) is 0 Å². The molecule has 7 nitrogen and oxygen atoms in total. The van der Waals surface area contributed by atoms with Crippen LogP contribution in [0.1, 0.15) is 16.1 Å². The molecular formula is C21H20N6O. The summed E-state index contributed by atoms with van der Waals surface area (Å²) in [7, 11) is 3.49. The van der Waals surface area contributed by atoms with E-state index in [0.717, 1.165) is 27.8 Å². The van der Waals surface area contributed by atoms with Crippen molar-refractivity contribution in [3.8, 4) is 11.1 Å². The summed E-state index contributed by atoms with van der Waals surface area (Å²) in [5.41, 5.74) is 5.33. The molecule has 0 aliphatic carbocycles. The Balaban J connectivity index is 1.63.